The van der Waals surface area contributed by atoms with Crippen LogP contribution in [0.15, 0.2) is 113 Å². The Hall–Kier alpha value is -3.48. The van der Waals surface area contributed by atoms with Crippen LogP contribution in [0.3, 0.4) is 0 Å². The number of thiol groups is 1. The summed E-state index contributed by atoms with van der Waals surface area (Å²) in [4.78, 5) is 8.76. The van der Waals surface area contributed by atoms with E-state index in [1.165, 1.54) is 0 Å². The summed E-state index contributed by atoms with van der Waals surface area (Å²) in [6, 6.07) is 26.3. The van der Waals surface area contributed by atoms with Crippen LogP contribution in [-0.4, -0.2) is 15.7 Å². The van der Waals surface area contributed by atoms with Gasteiger partial charge in [-0.3, -0.25) is 0 Å². The number of nitrogens with one attached hydrogen (secondary N) is 2. The van der Waals surface area contributed by atoms with Gasteiger partial charge in [-0.25, -0.2) is 9.98 Å². The van der Waals surface area contributed by atoms with E-state index in [9.17, 15) is 0 Å². The lowest BCUT2D eigenvalue weighted by molar-refractivity contribution is 1.49. The van der Waals surface area contributed by atoms with Crippen molar-refractivity contribution in [1.29, 1.82) is 0 Å². The molecule has 0 amide bonds. The summed E-state index contributed by atoms with van der Waals surface area (Å²) in [5.74, 6) is 0. The van der Waals surface area contributed by atoms with Crippen molar-refractivity contribution in [1.82, 2.24) is 0 Å². The Bertz CT molecular complexity index is 1160. The summed E-state index contributed by atoms with van der Waals surface area (Å²) >= 11 is 8.89. The Morgan fingerprint density at radius 2 is 1.06 bits per heavy atom. The van der Waals surface area contributed by atoms with Gasteiger partial charge in [-0.1, -0.05) is 30.4 Å². The van der Waals surface area contributed by atoms with Crippen LogP contribution in [0.25, 0.3) is 0 Å². The molecule has 4 rings (SSSR count). The highest BCUT2D eigenvalue weighted by atomic mass is 32.1. The summed E-state index contributed by atoms with van der Waals surface area (Å²) < 4.78 is 0.315. The number of anilines is 4. The van der Waals surface area contributed by atoms with Crippen molar-refractivity contribution in [3.05, 3.63) is 103 Å². The third-order valence-corrected chi connectivity index (χ3v) is 4.63. The number of nitrogens with zero attached hydrogens (tertiary/aromatic N) is 2. The summed E-state index contributed by atoms with van der Waals surface area (Å²) in [5, 5.41) is 6.79. The van der Waals surface area contributed by atoms with E-state index in [0.717, 1.165) is 39.9 Å². The third kappa shape index (κ3) is 6.25. The zero-order chi connectivity index (χ0) is 21.5. The van der Waals surface area contributed by atoms with Gasteiger partial charge in [0.15, 0.2) is 4.32 Å². The van der Waals surface area contributed by atoms with Crippen molar-refractivity contribution in [2.75, 3.05) is 10.6 Å². The molecule has 0 fully saturated rings. The molecule has 0 saturated carbocycles. The second-order valence-corrected chi connectivity index (χ2v) is 7.88. The van der Waals surface area contributed by atoms with Gasteiger partial charge in [-0.2, -0.15) is 0 Å². The molecular weight excluding hydrogens is 420 g/mol. The van der Waals surface area contributed by atoms with E-state index in [-0.39, 0.29) is 0 Å². The van der Waals surface area contributed by atoms with Crippen LogP contribution in [0.4, 0.5) is 28.4 Å². The predicted octanol–water partition coefficient (Wildman–Crippen LogP) is 7.03. The molecule has 0 unspecified atom stereocenters. The molecule has 3 aromatic rings. The number of hydrogen-bond donors (Lipinski definition) is 3. The van der Waals surface area contributed by atoms with Gasteiger partial charge in [0.1, 0.15) is 0 Å². The lowest BCUT2D eigenvalue weighted by atomic mass is 10.1. The number of allylic oxidation sites excluding steroid dienone is 4. The van der Waals surface area contributed by atoms with Gasteiger partial charge in [0.05, 0.1) is 17.1 Å². The van der Waals surface area contributed by atoms with E-state index in [2.05, 4.69) is 45.4 Å². The predicted molar refractivity (Wildman–Crippen MR) is 140 cm³/mol. The molecule has 0 atom stereocenters. The molecule has 1 aliphatic rings. The van der Waals surface area contributed by atoms with Gasteiger partial charge in [0.25, 0.3) is 0 Å². The Kier molecular flexibility index (Phi) is 6.72. The SMILES string of the molecule is S=C(S)N=C1C=CC(=Nc2ccc(Nc3ccc(Nc4ccccc4)cc3)cc2)C=C1. The molecule has 6 heteroatoms. The van der Waals surface area contributed by atoms with Crippen molar-refractivity contribution in [3.8, 4) is 0 Å². The third-order valence-electron chi connectivity index (χ3n) is 4.44. The van der Waals surface area contributed by atoms with E-state index in [4.69, 9.17) is 12.2 Å². The van der Waals surface area contributed by atoms with Crippen LogP contribution in [0.5, 0.6) is 0 Å². The summed E-state index contributed by atoms with van der Waals surface area (Å²) in [7, 11) is 0. The number of para-hydroxylation sites is 1. The minimum Gasteiger partial charge on any atom is -0.356 e. The Labute approximate surface area is 192 Å². The van der Waals surface area contributed by atoms with Crippen LogP contribution < -0.4 is 10.6 Å². The van der Waals surface area contributed by atoms with Crippen LogP contribution in [0, 0.1) is 0 Å². The molecule has 31 heavy (non-hydrogen) atoms. The Morgan fingerprint density at radius 1 is 0.613 bits per heavy atom. The molecule has 0 radical (unpaired) electrons. The maximum Gasteiger partial charge on any atom is 0.157 e. The highest BCUT2D eigenvalue weighted by Crippen LogP contribution is 2.23. The maximum absolute atomic E-state index is 4.87. The molecule has 0 aromatic heterocycles. The average Bonchev–Trinajstić information content (AvgIpc) is 2.78. The first-order chi connectivity index (χ1) is 15.1. The highest BCUT2D eigenvalue weighted by Gasteiger charge is 2.01. The van der Waals surface area contributed by atoms with Gasteiger partial charge < -0.3 is 10.6 Å². The monoisotopic (exact) mass is 440 g/mol. The molecule has 2 N–H and O–H groups in total. The molecule has 3 aromatic carbocycles. The maximum atomic E-state index is 4.87. The first kappa shape index (κ1) is 20.8. The second-order valence-electron chi connectivity index (χ2n) is 6.76. The van der Waals surface area contributed by atoms with Crippen molar-refractivity contribution >= 4 is 69.0 Å². The second kappa shape index (κ2) is 10.0. The number of rotatable bonds is 5. The highest BCUT2D eigenvalue weighted by molar-refractivity contribution is 8.11. The van der Waals surface area contributed by atoms with Gasteiger partial charge in [0.2, 0.25) is 0 Å². The van der Waals surface area contributed by atoms with E-state index in [1.54, 1.807) is 0 Å². The van der Waals surface area contributed by atoms with Gasteiger partial charge in [0, 0.05) is 22.7 Å². The summed E-state index contributed by atoms with van der Waals surface area (Å²) in [6.07, 6.45) is 7.55. The molecular formula is C25H20N4S2. The standard InChI is InChI=1S/C25H20N4S2/c30-25(31)29-24-16-14-23(15-17-24)28-22-12-10-21(11-13-22)27-20-8-6-19(7-9-20)26-18-4-2-1-3-5-18/h1-17,26-27H,(H,30,31). The molecule has 0 spiro atoms. The fourth-order valence-corrected chi connectivity index (χ4v) is 3.19. The molecule has 152 valence electrons. The van der Waals surface area contributed by atoms with E-state index < -0.39 is 0 Å². The van der Waals surface area contributed by atoms with Crippen molar-refractivity contribution < 1.29 is 0 Å². The topological polar surface area (TPSA) is 48.8 Å². The van der Waals surface area contributed by atoms with Crippen LogP contribution in [-0.2, 0) is 0 Å². The average molecular weight is 441 g/mol. The first-order valence-electron chi connectivity index (χ1n) is 9.70. The largest absolute Gasteiger partial charge is 0.356 e. The minimum atomic E-state index is 0.315. The molecule has 0 bridgehead atoms. The zero-order valence-electron chi connectivity index (χ0n) is 16.6. The van der Waals surface area contributed by atoms with Crippen LogP contribution >= 0.6 is 24.8 Å². The van der Waals surface area contributed by atoms with Crippen molar-refractivity contribution in [2.45, 2.75) is 0 Å². The number of hydrogen-bond acceptors (Lipinski definition) is 4. The minimum absolute atomic E-state index is 0.315. The Morgan fingerprint density at radius 3 is 1.58 bits per heavy atom. The van der Waals surface area contributed by atoms with Crippen LogP contribution in [0.1, 0.15) is 0 Å². The fourth-order valence-electron chi connectivity index (χ4n) is 2.97. The zero-order valence-corrected chi connectivity index (χ0v) is 18.3. The lowest BCUT2D eigenvalue weighted by Crippen LogP contribution is -2.00. The van der Waals surface area contributed by atoms with Gasteiger partial charge in [-0.15, -0.1) is 12.6 Å². The summed E-state index contributed by atoms with van der Waals surface area (Å²) in [5.41, 5.74) is 6.62. The van der Waals surface area contributed by atoms with E-state index in [0.29, 0.717) is 4.32 Å². The quantitative estimate of drug-likeness (QED) is 0.227. The Balaban J connectivity index is 1.37. The first-order valence-corrected chi connectivity index (χ1v) is 10.6. The number of thiocarbonyl (C=S) groups is 1. The molecule has 0 saturated heterocycles. The van der Waals surface area contributed by atoms with Crippen molar-refractivity contribution in [3.63, 3.8) is 0 Å². The number of aliphatic imine (C=N–C) groups is 2. The van der Waals surface area contributed by atoms with E-state index >= 15 is 0 Å². The fraction of sp³-hybridized carbons (Fsp3) is 0. The van der Waals surface area contributed by atoms with Crippen molar-refractivity contribution in [2.24, 2.45) is 9.98 Å². The molecule has 1 aliphatic carbocycles. The van der Waals surface area contributed by atoms with Gasteiger partial charge >= 0.3 is 0 Å². The molecule has 0 aliphatic heterocycles. The lowest BCUT2D eigenvalue weighted by Gasteiger charge is -2.10. The van der Waals surface area contributed by atoms with Crippen LogP contribution in [0.2, 0.25) is 0 Å². The van der Waals surface area contributed by atoms with Gasteiger partial charge in [-0.05, 0) is 85.0 Å². The number of benzene rings is 3. The van der Waals surface area contributed by atoms with E-state index in [1.807, 2.05) is 91.0 Å². The molecule has 0 heterocycles. The normalized spacial score (nSPS) is 12.4. The smallest absolute Gasteiger partial charge is 0.157 e. The molecule has 4 nitrogen and oxygen atoms in total. The summed E-state index contributed by atoms with van der Waals surface area (Å²) in [6.45, 7) is 0.